The first-order chi connectivity index (χ1) is 14.8. The predicted molar refractivity (Wildman–Crippen MR) is 114 cm³/mol. The van der Waals surface area contributed by atoms with Crippen molar-refractivity contribution >= 4 is 17.8 Å². The van der Waals surface area contributed by atoms with E-state index in [1.165, 1.54) is 35.5 Å². The monoisotopic (exact) mass is 422 g/mol. The number of aromatic nitrogens is 2. The number of nitrogens with two attached hydrogens (primary N) is 1. The highest BCUT2D eigenvalue weighted by Crippen LogP contribution is 2.17. The van der Waals surface area contributed by atoms with E-state index in [1.54, 1.807) is 30.6 Å². The topological polar surface area (TPSA) is 129 Å². The van der Waals surface area contributed by atoms with Gasteiger partial charge in [-0.1, -0.05) is 12.1 Å². The molecule has 0 aliphatic rings. The number of nitrogen functional groups attached to an aromatic ring is 1. The van der Waals surface area contributed by atoms with Crippen molar-refractivity contribution < 1.29 is 19.1 Å². The molecule has 0 saturated carbocycles. The van der Waals surface area contributed by atoms with Crippen LogP contribution in [0.2, 0.25) is 0 Å². The summed E-state index contributed by atoms with van der Waals surface area (Å²) < 4.78 is 12.1. The van der Waals surface area contributed by atoms with Gasteiger partial charge < -0.3 is 15.2 Å². The van der Waals surface area contributed by atoms with Crippen LogP contribution < -0.4 is 11.4 Å². The predicted octanol–water partition coefficient (Wildman–Crippen LogP) is 1.80. The molecule has 0 saturated heterocycles. The molecule has 3 rings (SSSR count). The maximum atomic E-state index is 13.0. The third-order valence-corrected chi connectivity index (χ3v) is 4.80. The largest absolute Gasteiger partial charge is 0.469 e. The molecule has 1 heterocycles. The highest BCUT2D eigenvalue weighted by atomic mass is 16.5. The molecule has 2 aromatic carbocycles. The molecule has 9 heteroatoms. The molecule has 9 nitrogen and oxygen atoms in total. The van der Waals surface area contributed by atoms with Gasteiger partial charge in [0.15, 0.2) is 0 Å². The minimum absolute atomic E-state index is 0.228. The second kappa shape index (κ2) is 9.12. The molecular weight excluding hydrogens is 400 g/mol. The minimum atomic E-state index is -0.564. The van der Waals surface area contributed by atoms with E-state index in [1.807, 2.05) is 12.1 Å². The Morgan fingerprint density at radius 1 is 1.00 bits per heavy atom. The number of nitrogens with one attached hydrogen (secondary N) is 1. The average molecular weight is 422 g/mol. The number of hydrogen-bond donors (Lipinski definition) is 2. The molecule has 160 valence electrons. The Labute approximate surface area is 178 Å². The number of hydrogen-bond acceptors (Lipinski definition) is 6. The van der Waals surface area contributed by atoms with Gasteiger partial charge in [0.25, 0.3) is 0 Å². The number of amidine groups is 1. The van der Waals surface area contributed by atoms with Crippen LogP contribution in [0.3, 0.4) is 0 Å². The van der Waals surface area contributed by atoms with Gasteiger partial charge in [0, 0.05) is 24.4 Å². The Bertz CT molecular complexity index is 1190. The van der Waals surface area contributed by atoms with Crippen LogP contribution in [-0.4, -0.2) is 41.1 Å². The number of nitrogens with zero attached hydrogens (tertiary/aromatic N) is 2. The Kier molecular flexibility index (Phi) is 6.35. The second-order valence-electron chi connectivity index (χ2n) is 6.70. The van der Waals surface area contributed by atoms with Crippen LogP contribution in [0, 0.1) is 5.41 Å². The van der Waals surface area contributed by atoms with Crippen LogP contribution in [0.1, 0.15) is 27.9 Å². The molecule has 0 radical (unpaired) electrons. The molecule has 0 atom stereocenters. The lowest BCUT2D eigenvalue weighted by molar-refractivity contribution is -0.140. The summed E-state index contributed by atoms with van der Waals surface area (Å²) in [6.07, 6.45) is 3.98. The number of carbonyl (C=O) groups excluding carboxylic acids is 2. The zero-order valence-corrected chi connectivity index (χ0v) is 17.1. The van der Waals surface area contributed by atoms with Crippen LogP contribution in [0.15, 0.2) is 59.7 Å². The lowest BCUT2D eigenvalue weighted by atomic mass is 10.1. The van der Waals surface area contributed by atoms with Gasteiger partial charge in [-0.05, 0) is 42.3 Å². The highest BCUT2D eigenvalue weighted by molar-refractivity contribution is 6.01. The first-order valence-electron chi connectivity index (χ1n) is 9.39. The maximum absolute atomic E-state index is 13.0. The van der Waals surface area contributed by atoms with Gasteiger partial charge in [0.05, 0.1) is 31.2 Å². The molecule has 0 bridgehead atoms. The molecule has 0 amide bonds. The van der Waals surface area contributed by atoms with Gasteiger partial charge in [-0.2, -0.15) is 0 Å². The lowest BCUT2D eigenvalue weighted by Gasteiger charge is -2.10. The van der Waals surface area contributed by atoms with E-state index in [0.717, 1.165) is 5.56 Å². The van der Waals surface area contributed by atoms with Crippen LogP contribution in [0.4, 0.5) is 0 Å². The van der Waals surface area contributed by atoms with Crippen molar-refractivity contribution in [1.82, 2.24) is 9.13 Å². The molecule has 1 aromatic heterocycles. The van der Waals surface area contributed by atoms with E-state index >= 15 is 0 Å². The summed E-state index contributed by atoms with van der Waals surface area (Å²) >= 11 is 0. The van der Waals surface area contributed by atoms with E-state index in [2.05, 4.69) is 4.74 Å². The average Bonchev–Trinajstić information content (AvgIpc) is 3.17. The Morgan fingerprint density at radius 3 is 2.29 bits per heavy atom. The van der Waals surface area contributed by atoms with Crippen molar-refractivity contribution in [3.8, 4) is 11.4 Å². The maximum Gasteiger partial charge on any atom is 0.337 e. The Balaban J connectivity index is 1.93. The zero-order valence-electron chi connectivity index (χ0n) is 17.1. The molecule has 0 aliphatic heterocycles. The molecule has 31 heavy (non-hydrogen) atoms. The SMILES string of the molecule is COC(=O)CCc1ccc(-n2ccn(-c3ccc(C(=O)OC)cc3C(=N)N)c2=O)cc1. The van der Waals surface area contributed by atoms with Crippen molar-refractivity contribution in [1.29, 1.82) is 5.41 Å². The summed E-state index contributed by atoms with van der Waals surface area (Å²) in [5.74, 6) is -1.13. The normalized spacial score (nSPS) is 10.5. The zero-order chi connectivity index (χ0) is 22.5. The number of methoxy groups -OCH3 is 2. The quantitative estimate of drug-likeness (QED) is 0.339. The van der Waals surface area contributed by atoms with E-state index in [4.69, 9.17) is 15.9 Å². The molecular formula is C22H22N4O5. The van der Waals surface area contributed by atoms with Crippen LogP contribution in [0.5, 0.6) is 0 Å². The number of esters is 2. The summed E-state index contributed by atoms with van der Waals surface area (Å²) in [6, 6.07) is 11.7. The van der Waals surface area contributed by atoms with Gasteiger partial charge in [-0.25, -0.2) is 9.59 Å². The lowest BCUT2D eigenvalue weighted by Crippen LogP contribution is -2.25. The highest BCUT2D eigenvalue weighted by Gasteiger charge is 2.16. The fourth-order valence-electron chi connectivity index (χ4n) is 3.14. The van der Waals surface area contributed by atoms with Gasteiger partial charge in [-0.15, -0.1) is 0 Å². The smallest absolute Gasteiger partial charge is 0.337 e. The number of benzene rings is 2. The van der Waals surface area contributed by atoms with Crippen molar-refractivity contribution in [2.75, 3.05) is 14.2 Å². The summed E-state index contributed by atoms with van der Waals surface area (Å²) in [6.45, 7) is 0. The first kappa shape index (κ1) is 21.6. The van der Waals surface area contributed by atoms with E-state index in [0.29, 0.717) is 17.8 Å². The fourth-order valence-corrected chi connectivity index (χ4v) is 3.14. The molecule has 0 spiro atoms. The summed E-state index contributed by atoms with van der Waals surface area (Å²) in [4.78, 5) is 36.1. The standard InChI is InChI=1S/C22H22N4O5/c1-30-19(27)10-5-14-3-7-16(8-4-14)25-11-12-26(22(25)29)18-9-6-15(21(28)31-2)13-17(18)20(23)24/h3-4,6-9,11-13H,5,10H2,1-2H3,(H3,23,24). The van der Waals surface area contributed by atoms with Crippen molar-refractivity contribution in [3.05, 3.63) is 82.0 Å². The Morgan fingerprint density at radius 2 is 1.68 bits per heavy atom. The molecule has 0 fully saturated rings. The third kappa shape index (κ3) is 4.55. The number of imidazole rings is 1. The van der Waals surface area contributed by atoms with Gasteiger partial charge in [-0.3, -0.25) is 19.3 Å². The third-order valence-electron chi connectivity index (χ3n) is 4.80. The van der Waals surface area contributed by atoms with E-state index in [9.17, 15) is 14.4 Å². The van der Waals surface area contributed by atoms with Crippen LogP contribution in [0.25, 0.3) is 11.4 Å². The van der Waals surface area contributed by atoms with Gasteiger partial charge in [0.1, 0.15) is 5.84 Å². The number of ether oxygens (including phenoxy) is 2. The van der Waals surface area contributed by atoms with Gasteiger partial charge in [0.2, 0.25) is 0 Å². The number of carbonyl (C=O) groups is 2. The van der Waals surface area contributed by atoms with Crippen molar-refractivity contribution in [2.45, 2.75) is 12.8 Å². The summed E-state index contributed by atoms with van der Waals surface area (Å²) in [7, 11) is 2.61. The second-order valence-corrected chi connectivity index (χ2v) is 6.70. The van der Waals surface area contributed by atoms with Crippen molar-refractivity contribution in [3.63, 3.8) is 0 Å². The first-order valence-corrected chi connectivity index (χ1v) is 9.39. The van der Waals surface area contributed by atoms with Crippen LogP contribution in [-0.2, 0) is 20.7 Å². The molecule has 3 N–H and O–H groups in total. The molecule has 0 aliphatic carbocycles. The Hall–Kier alpha value is -4.14. The summed E-state index contributed by atoms with van der Waals surface area (Å²) in [5.41, 5.74) is 7.74. The molecule has 0 unspecified atom stereocenters. The van der Waals surface area contributed by atoms with Crippen LogP contribution >= 0.6 is 0 Å². The fraction of sp³-hybridized carbons (Fsp3) is 0.182. The van der Waals surface area contributed by atoms with E-state index in [-0.39, 0.29) is 35.0 Å². The van der Waals surface area contributed by atoms with Gasteiger partial charge >= 0.3 is 17.6 Å². The molecule has 3 aromatic rings. The number of aryl methyl sites for hydroxylation is 1. The number of rotatable bonds is 7. The summed E-state index contributed by atoms with van der Waals surface area (Å²) in [5, 5.41) is 7.84. The minimum Gasteiger partial charge on any atom is -0.469 e. The van der Waals surface area contributed by atoms with E-state index < -0.39 is 5.97 Å². The van der Waals surface area contributed by atoms with Crippen molar-refractivity contribution in [2.24, 2.45) is 5.73 Å².